The van der Waals surface area contributed by atoms with Gasteiger partial charge in [0.25, 0.3) is 0 Å². The van der Waals surface area contributed by atoms with Crippen LogP contribution < -0.4 is 0 Å². The first-order valence-corrected chi connectivity index (χ1v) is 9.59. The minimum Gasteiger partial charge on any atom is -0.461 e. The molecule has 0 atom stereocenters. The third-order valence-corrected chi connectivity index (χ3v) is 5.68. The van der Waals surface area contributed by atoms with Crippen LogP contribution in [-0.4, -0.2) is 20.5 Å². The smallest absolute Gasteiger partial charge is 0.311 e. The lowest BCUT2D eigenvalue weighted by molar-refractivity contribution is -0.144. The Morgan fingerprint density at radius 1 is 1.21 bits per heavy atom. The van der Waals surface area contributed by atoms with Gasteiger partial charge in [0, 0.05) is 17.5 Å². The Kier molecular flexibility index (Phi) is 4.92. The number of halogens is 1. The zero-order valence-corrected chi connectivity index (χ0v) is 16.3. The molecule has 2 heterocycles. The number of nitrogens with zero attached hydrogens (tertiary/aromatic N) is 3. The number of fused-ring (bicyclic) bond motifs is 1. The molecule has 0 aliphatic carbocycles. The highest BCUT2D eigenvalue weighted by molar-refractivity contribution is 7.15. The number of benzene rings is 2. The Morgan fingerprint density at radius 2 is 2.00 bits per heavy atom. The Labute approximate surface area is 165 Å². The third-order valence-electron chi connectivity index (χ3n) is 4.48. The second-order valence-electron chi connectivity index (χ2n) is 6.55. The van der Waals surface area contributed by atoms with E-state index in [0.717, 1.165) is 37.7 Å². The van der Waals surface area contributed by atoms with E-state index >= 15 is 0 Å². The number of carbonyl (C=O) groups is 1. The summed E-state index contributed by atoms with van der Waals surface area (Å²) in [5.41, 5.74) is 4.42. The first kappa shape index (κ1) is 18.3. The van der Waals surface area contributed by atoms with Gasteiger partial charge in [-0.25, -0.2) is 14.4 Å². The van der Waals surface area contributed by atoms with Crippen molar-refractivity contribution < 1.29 is 13.9 Å². The summed E-state index contributed by atoms with van der Waals surface area (Å²) in [7, 11) is 1.94. The number of imidazole rings is 1. The molecule has 5 nitrogen and oxygen atoms in total. The van der Waals surface area contributed by atoms with Crippen molar-refractivity contribution in [2.24, 2.45) is 7.05 Å². The molecule has 0 unspecified atom stereocenters. The minimum absolute atomic E-state index is 0.163. The number of esters is 1. The maximum absolute atomic E-state index is 13.1. The average Bonchev–Trinajstić information content (AvgIpc) is 3.23. The molecular weight excluding hydrogens is 377 g/mol. The van der Waals surface area contributed by atoms with Gasteiger partial charge in [-0.2, -0.15) is 0 Å². The molecule has 0 saturated carbocycles. The second kappa shape index (κ2) is 7.52. The number of ether oxygens (including phenoxy) is 1. The molecule has 0 bridgehead atoms. The summed E-state index contributed by atoms with van der Waals surface area (Å²) >= 11 is 1.43. The summed E-state index contributed by atoms with van der Waals surface area (Å²) in [5, 5.41) is 0.765. The fourth-order valence-electron chi connectivity index (χ4n) is 2.93. The molecule has 0 spiro atoms. The van der Waals surface area contributed by atoms with E-state index in [1.165, 1.54) is 23.5 Å². The summed E-state index contributed by atoms with van der Waals surface area (Å²) in [6.45, 7) is 2.06. The normalized spacial score (nSPS) is 11.1. The average molecular weight is 395 g/mol. The van der Waals surface area contributed by atoms with Gasteiger partial charge in [-0.1, -0.05) is 6.07 Å². The zero-order valence-electron chi connectivity index (χ0n) is 15.5. The molecule has 2 aromatic heterocycles. The molecular formula is C21H18FN3O2S. The number of hydrogen-bond acceptors (Lipinski definition) is 5. The van der Waals surface area contributed by atoms with Gasteiger partial charge in [-0.05, 0) is 48.9 Å². The molecule has 0 N–H and O–H groups in total. The lowest BCUT2D eigenvalue weighted by atomic mass is 10.2. The Hall–Kier alpha value is -3.06. The molecule has 0 aliphatic heterocycles. The van der Waals surface area contributed by atoms with Crippen LogP contribution >= 0.6 is 11.3 Å². The van der Waals surface area contributed by atoms with Crippen LogP contribution in [0.4, 0.5) is 4.39 Å². The fourth-order valence-corrected chi connectivity index (χ4v) is 3.98. The number of aromatic nitrogens is 3. The van der Waals surface area contributed by atoms with Crippen molar-refractivity contribution in [3.63, 3.8) is 0 Å². The minimum atomic E-state index is -0.307. The van der Waals surface area contributed by atoms with Crippen molar-refractivity contribution in [3.8, 4) is 10.6 Å². The van der Waals surface area contributed by atoms with E-state index < -0.39 is 0 Å². The van der Waals surface area contributed by atoms with Crippen molar-refractivity contribution in [2.45, 2.75) is 20.0 Å². The highest BCUT2D eigenvalue weighted by Gasteiger charge is 2.14. The van der Waals surface area contributed by atoms with Gasteiger partial charge in [0.15, 0.2) is 0 Å². The fraction of sp³-hybridized carbons (Fsp3) is 0.190. The topological polar surface area (TPSA) is 57.0 Å². The summed E-state index contributed by atoms with van der Waals surface area (Å²) in [6.07, 6.45) is 1.92. The van der Waals surface area contributed by atoms with E-state index in [9.17, 15) is 9.18 Å². The van der Waals surface area contributed by atoms with Crippen molar-refractivity contribution in [1.82, 2.24) is 14.5 Å². The van der Waals surface area contributed by atoms with E-state index in [-0.39, 0.29) is 24.8 Å². The molecule has 0 saturated heterocycles. The first-order chi connectivity index (χ1) is 13.5. The van der Waals surface area contributed by atoms with Gasteiger partial charge in [0.2, 0.25) is 0 Å². The lowest BCUT2D eigenvalue weighted by Gasteiger charge is -2.05. The molecule has 0 aliphatic rings. The van der Waals surface area contributed by atoms with Crippen LogP contribution in [0.5, 0.6) is 0 Å². The van der Waals surface area contributed by atoms with Crippen LogP contribution in [0, 0.1) is 12.7 Å². The van der Waals surface area contributed by atoms with Gasteiger partial charge in [0.05, 0.1) is 29.5 Å². The molecule has 0 radical (unpaired) electrons. The van der Waals surface area contributed by atoms with Gasteiger partial charge in [-0.15, -0.1) is 11.3 Å². The highest BCUT2D eigenvalue weighted by Crippen LogP contribution is 2.28. The van der Waals surface area contributed by atoms with Gasteiger partial charge in [0.1, 0.15) is 17.4 Å². The number of aryl methyl sites for hydroxylation is 2. The van der Waals surface area contributed by atoms with Gasteiger partial charge >= 0.3 is 5.97 Å². The van der Waals surface area contributed by atoms with Crippen molar-refractivity contribution >= 4 is 28.3 Å². The predicted molar refractivity (Wildman–Crippen MR) is 106 cm³/mol. The SMILES string of the molecule is Cc1nc(-c2ccc(F)cc2)sc1CC(=O)OCc1ccc2c(c1)ncn2C. The second-order valence-corrected chi connectivity index (χ2v) is 7.63. The maximum atomic E-state index is 13.1. The lowest BCUT2D eigenvalue weighted by Crippen LogP contribution is -2.07. The molecule has 4 aromatic rings. The largest absolute Gasteiger partial charge is 0.461 e. The molecule has 2 aromatic carbocycles. The summed E-state index contributed by atoms with van der Waals surface area (Å²) in [4.78, 5) is 21.9. The number of thiazole rings is 1. The standard InChI is InChI=1S/C21H18FN3O2S/c1-13-19(28-21(24-13)15-4-6-16(22)7-5-15)10-20(26)27-11-14-3-8-18-17(9-14)23-12-25(18)2/h3-9,12H,10-11H2,1-2H3. The Bertz CT molecular complexity index is 1150. The van der Waals surface area contributed by atoms with E-state index in [0.29, 0.717) is 0 Å². The van der Waals surface area contributed by atoms with E-state index in [4.69, 9.17) is 4.74 Å². The van der Waals surface area contributed by atoms with Gasteiger partial charge in [-0.3, -0.25) is 4.79 Å². The molecule has 7 heteroatoms. The zero-order chi connectivity index (χ0) is 19.7. The van der Waals surface area contributed by atoms with Crippen molar-refractivity contribution in [2.75, 3.05) is 0 Å². The van der Waals surface area contributed by atoms with Crippen LogP contribution in [0.25, 0.3) is 21.6 Å². The summed E-state index contributed by atoms with van der Waals surface area (Å²) < 4.78 is 20.5. The van der Waals surface area contributed by atoms with Crippen molar-refractivity contribution in [3.05, 3.63) is 70.7 Å². The molecule has 4 rings (SSSR count). The number of carbonyl (C=O) groups excluding carboxylic acids is 1. The highest BCUT2D eigenvalue weighted by atomic mass is 32.1. The van der Waals surface area contributed by atoms with Crippen LogP contribution in [-0.2, 0) is 29.6 Å². The summed E-state index contributed by atoms with van der Waals surface area (Å²) in [5.74, 6) is -0.594. The van der Waals surface area contributed by atoms with Crippen LogP contribution in [0.15, 0.2) is 48.8 Å². The monoisotopic (exact) mass is 395 g/mol. The quantitative estimate of drug-likeness (QED) is 0.469. The maximum Gasteiger partial charge on any atom is 0.311 e. The molecule has 28 heavy (non-hydrogen) atoms. The predicted octanol–water partition coefficient (Wildman–Crippen LogP) is 4.43. The van der Waals surface area contributed by atoms with Crippen LogP contribution in [0.1, 0.15) is 16.1 Å². The van der Waals surface area contributed by atoms with Crippen molar-refractivity contribution in [1.29, 1.82) is 0 Å². The van der Waals surface area contributed by atoms with E-state index in [2.05, 4.69) is 9.97 Å². The van der Waals surface area contributed by atoms with Crippen LogP contribution in [0.2, 0.25) is 0 Å². The van der Waals surface area contributed by atoms with Gasteiger partial charge < -0.3 is 9.30 Å². The number of hydrogen-bond donors (Lipinski definition) is 0. The third kappa shape index (κ3) is 3.80. The Balaban J connectivity index is 1.41. The number of rotatable bonds is 5. The summed E-state index contributed by atoms with van der Waals surface area (Å²) in [6, 6.07) is 12.0. The van der Waals surface area contributed by atoms with Crippen LogP contribution in [0.3, 0.4) is 0 Å². The molecule has 142 valence electrons. The molecule has 0 fully saturated rings. The first-order valence-electron chi connectivity index (χ1n) is 8.77. The Morgan fingerprint density at radius 3 is 2.79 bits per heavy atom. The molecule has 0 amide bonds. The van der Waals surface area contributed by atoms with E-state index in [1.807, 2.05) is 36.7 Å². The van der Waals surface area contributed by atoms with E-state index in [1.54, 1.807) is 18.5 Å².